The first-order chi connectivity index (χ1) is 11.9. The lowest BCUT2D eigenvalue weighted by molar-refractivity contribution is -0.138. The van der Waals surface area contributed by atoms with E-state index in [-0.39, 0.29) is 21.6 Å². The van der Waals surface area contributed by atoms with Gasteiger partial charge in [-0.1, -0.05) is 35.0 Å². The molecule has 1 heterocycles. The van der Waals surface area contributed by atoms with Crippen molar-refractivity contribution < 1.29 is 24.2 Å². The van der Waals surface area contributed by atoms with E-state index in [1.54, 1.807) is 0 Å². The number of thioether (sulfide) groups is 1. The van der Waals surface area contributed by atoms with Crippen LogP contribution in [0, 0.1) is 0 Å². The number of carbonyl (C=O) groups is 2. The number of rotatable bonds is 6. The zero-order valence-corrected chi connectivity index (χ0v) is 15.4. The molecule has 0 spiro atoms. The number of carbonyl (C=O) groups excluding carboxylic acids is 1. The molecule has 0 bridgehead atoms. The van der Waals surface area contributed by atoms with E-state index in [4.69, 9.17) is 37.8 Å². The molecular weight excluding hydrogens is 393 g/mol. The van der Waals surface area contributed by atoms with Crippen LogP contribution < -0.4 is 14.8 Å². The Morgan fingerprint density at radius 2 is 2.16 bits per heavy atom. The molecular formula is C14H13Cl2N3O5S. The van der Waals surface area contributed by atoms with Crippen molar-refractivity contribution in [2.24, 2.45) is 10.2 Å². The molecule has 1 atom stereocenters. The zero-order valence-electron chi connectivity index (χ0n) is 13.1. The molecule has 8 nitrogen and oxygen atoms in total. The third kappa shape index (κ3) is 4.56. The van der Waals surface area contributed by atoms with Gasteiger partial charge in [-0.05, 0) is 0 Å². The third-order valence-electron chi connectivity index (χ3n) is 3.07. The lowest BCUT2D eigenvalue weighted by Gasteiger charge is -2.12. The van der Waals surface area contributed by atoms with E-state index in [9.17, 15) is 9.59 Å². The summed E-state index contributed by atoms with van der Waals surface area (Å²) in [6.45, 7) is 0. The highest BCUT2D eigenvalue weighted by atomic mass is 35.5. The summed E-state index contributed by atoms with van der Waals surface area (Å²) in [5.41, 5.74) is 0.363. The normalized spacial score (nSPS) is 18.6. The minimum absolute atomic E-state index is 0.195. The lowest BCUT2D eigenvalue weighted by atomic mass is 10.2. The Bertz CT molecular complexity index is 769. The summed E-state index contributed by atoms with van der Waals surface area (Å²) in [5, 5.41) is 18.8. The molecule has 0 saturated carbocycles. The monoisotopic (exact) mass is 405 g/mol. The van der Waals surface area contributed by atoms with Gasteiger partial charge in [0.05, 0.1) is 36.9 Å². The quantitative estimate of drug-likeness (QED) is 0.555. The predicted molar refractivity (Wildman–Crippen MR) is 96.4 cm³/mol. The highest BCUT2D eigenvalue weighted by molar-refractivity contribution is 8.15. The summed E-state index contributed by atoms with van der Waals surface area (Å²) in [6.07, 6.45) is 1.00. The summed E-state index contributed by atoms with van der Waals surface area (Å²) in [4.78, 5) is 22.3. The fourth-order valence-corrected chi connectivity index (χ4v) is 3.46. The van der Waals surface area contributed by atoms with Crippen LogP contribution in [0.15, 0.2) is 16.3 Å². The third-order valence-corrected chi connectivity index (χ3v) is 4.83. The molecule has 134 valence electrons. The number of hydrogen-bond donors (Lipinski definition) is 2. The van der Waals surface area contributed by atoms with E-state index in [1.807, 2.05) is 0 Å². The maximum Gasteiger partial charge on any atom is 0.305 e. The Labute approximate surface area is 157 Å². The van der Waals surface area contributed by atoms with E-state index in [2.05, 4.69) is 15.5 Å². The molecule has 1 amide bonds. The first kappa shape index (κ1) is 19.4. The van der Waals surface area contributed by atoms with Crippen molar-refractivity contribution >= 4 is 58.2 Å². The van der Waals surface area contributed by atoms with Gasteiger partial charge in [0.1, 0.15) is 5.25 Å². The second kappa shape index (κ2) is 8.41. The van der Waals surface area contributed by atoms with E-state index >= 15 is 0 Å². The fourth-order valence-electron chi connectivity index (χ4n) is 1.94. The Balaban J connectivity index is 2.20. The maximum atomic E-state index is 11.6. The molecule has 1 fully saturated rings. The van der Waals surface area contributed by atoms with Crippen molar-refractivity contribution in [2.75, 3.05) is 14.2 Å². The fraction of sp³-hybridized carbons (Fsp3) is 0.286. The molecule has 1 aliphatic heterocycles. The first-order valence-corrected chi connectivity index (χ1v) is 8.41. The summed E-state index contributed by atoms with van der Waals surface area (Å²) < 4.78 is 10.3. The van der Waals surface area contributed by atoms with Gasteiger partial charge in [0.2, 0.25) is 5.91 Å². The van der Waals surface area contributed by atoms with E-state index in [1.165, 1.54) is 26.5 Å². The average Bonchev–Trinajstić information content (AvgIpc) is 2.89. The van der Waals surface area contributed by atoms with Gasteiger partial charge in [-0.15, -0.1) is 5.10 Å². The highest BCUT2D eigenvalue weighted by Gasteiger charge is 2.32. The maximum absolute atomic E-state index is 11.6. The average molecular weight is 406 g/mol. The molecule has 2 N–H and O–H groups in total. The number of amides is 1. The molecule has 2 rings (SSSR count). The molecule has 1 aromatic rings. The second-order valence-electron chi connectivity index (χ2n) is 4.66. The minimum Gasteiger partial charge on any atom is -0.493 e. The second-order valence-corrected chi connectivity index (χ2v) is 6.64. The van der Waals surface area contributed by atoms with Gasteiger partial charge in [0.25, 0.3) is 0 Å². The standard InChI is InChI=1S/C14H13Cl2N3O5S/c1-23-8-3-7(15)6(11(16)12(8)24-2)5-17-19-14-18-13(22)9(25-14)4-10(20)21/h3,5,9H,4H2,1-2H3,(H,20,21)(H,18,19,22). The van der Waals surface area contributed by atoms with Crippen LogP contribution in [0.3, 0.4) is 0 Å². The van der Waals surface area contributed by atoms with Crippen molar-refractivity contribution in [3.63, 3.8) is 0 Å². The van der Waals surface area contributed by atoms with Crippen molar-refractivity contribution in [2.45, 2.75) is 11.7 Å². The lowest BCUT2D eigenvalue weighted by Crippen LogP contribution is -2.26. The molecule has 25 heavy (non-hydrogen) atoms. The van der Waals surface area contributed by atoms with Crippen molar-refractivity contribution in [1.29, 1.82) is 0 Å². The predicted octanol–water partition coefficient (Wildman–Crippen LogP) is 2.41. The van der Waals surface area contributed by atoms with Gasteiger partial charge in [0, 0.05) is 11.6 Å². The smallest absolute Gasteiger partial charge is 0.305 e. The molecule has 1 aromatic carbocycles. The van der Waals surface area contributed by atoms with Crippen LogP contribution >= 0.6 is 35.0 Å². The van der Waals surface area contributed by atoms with E-state index in [0.717, 1.165) is 11.8 Å². The Kier molecular flexibility index (Phi) is 6.51. The topological polar surface area (TPSA) is 110 Å². The molecule has 1 aliphatic rings. The molecule has 1 saturated heterocycles. The number of carboxylic acid groups (broad SMARTS) is 1. The van der Waals surface area contributed by atoms with Crippen LogP contribution in [-0.2, 0) is 9.59 Å². The number of ether oxygens (including phenoxy) is 2. The summed E-state index contributed by atoms with van der Waals surface area (Å²) in [6, 6.07) is 1.52. The van der Waals surface area contributed by atoms with Gasteiger partial charge in [-0.25, -0.2) is 0 Å². The van der Waals surface area contributed by atoms with E-state index in [0.29, 0.717) is 17.1 Å². The number of methoxy groups -OCH3 is 2. The molecule has 0 aliphatic carbocycles. The van der Waals surface area contributed by atoms with Crippen LogP contribution in [0.5, 0.6) is 11.5 Å². The van der Waals surface area contributed by atoms with Crippen molar-refractivity contribution in [3.05, 3.63) is 21.7 Å². The molecule has 1 unspecified atom stereocenters. The van der Waals surface area contributed by atoms with Crippen LogP contribution in [0.2, 0.25) is 10.0 Å². The highest BCUT2D eigenvalue weighted by Crippen LogP contribution is 2.40. The largest absolute Gasteiger partial charge is 0.493 e. The number of aliphatic carboxylic acids is 1. The number of hydrogen-bond acceptors (Lipinski definition) is 7. The van der Waals surface area contributed by atoms with Crippen LogP contribution in [-0.4, -0.2) is 47.8 Å². The summed E-state index contributed by atoms with van der Waals surface area (Å²) in [5.74, 6) is -0.825. The number of amidine groups is 1. The number of halogens is 2. The number of benzene rings is 1. The molecule has 0 aromatic heterocycles. The minimum atomic E-state index is -1.07. The number of nitrogens with zero attached hydrogens (tertiary/aromatic N) is 2. The van der Waals surface area contributed by atoms with Crippen molar-refractivity contribution in [1.82, 2.24) is 5.32 Å². The molecule has 11 heteroatoms. The number of nitrogens with one attached hydrogen (secondary N) is 1. The van der Waals surface area contributed by atoms with Crippen LogP contribution in [0.25, 0.3) is 0 Å². The van der Waals surface area contributed by atoms with Crippen LogP contribution in [0.4, 0.5) is 0 Å². The number of carboxylic acids is 1. The van der Waals surface area contributed by atoms with Crippen molar-refractivity contribution in [3.8, 4) is 11.5 Å². The Morgan fingerprint density at radius 1 is 1.44 bits per heavy atom. The van der Waals surface area contributed by atoms with Crippen LogP contribution in [0.1, 0.15) is 12.0 Å². The molecule has 0 radical (unpaired) electrons. The van der Waals surface area contributed by atoms with E-state index < -0.39 is 17.1 Å². The Hall–Kier alpha value is -1.97. The van der Waals surface area contributed by atoms with Gasteiger partial charge in [0.15, 0.2) is 16.7 Å². The van der Waals surface area contributed by atoms with Gasteiger partial charge in [-0.3, -0.25) is 9.59 Å². The first-order valence-electron chi connectivity index (χ1n) is 6.77. The van der Waals surface area contributed by atoms with Gasteiger partial charge in [-0.2, -0.15) is 5.10 Å². The van der Waals surface area contributed by atoms with Gasteiger partial charge < -0.3 is 19.9 Å². The SMILES string of the molecule is COc1cc(Cl)c(C=NN=C2NC(=O)C(CC(=O)O)S2)c(Cl)c1OC. The van der Waals surface area contributed by atoms with Gasteiger partial charge >= 0.3 is 5.97 Å². The Morgan fingerprint density at radius 3 is 2.76 bits per heavy atom. The summed E-state index contributed by atoms with van der Waals surface area (Å²) in [7, 11) is 2.89. The summed E-state index contributed by atoms with van der Waals surface area (Å²) >= 11 is 13.4. The zero-order chi connectivity index (χ0) is 18.6.